The molecule has 2 rings (SSSR count). The molecule has 0 heterocycles. The van der Waals surface area contributed by atoms with Crippen LogP contribution in [-0.2, 0) is 0 Å². The maximum Gasteiger partial charge on any atom is 0.0226 e. The van der Waals surface area contributed by atoms with E-state index in [4.69, 9.17) is 0 Å². The van der Waals surface area contributed by atoms with Gasteiger partial charge in [0.1, 0.15) is 0 Å². The predicted molar refractivity (Wildman–Crippen MR) is 63.8 cm³/mol. The Bertz CT molecular complexity index is 327. The largest absolute Gasteiger partial charge is 0.253 e. The second-order valence-electron chi connectivity index (χ2n) is 4.80. The Morgan fingerprint density at radius 2 is 2.00 bits per heavy atom. The van der Waals surface area contributed by atoms with Crippen LogP contribution in [0.1, 0.15) is 29.9 Å². The maximum absolute atomic E-state index is 3.43. The lowest BCUT2D eigenvalue weighted by Crippen LogP contribution is -2.46. The summed E-state index contributed by atoms with van der Waals surface area (Å²) in [4.78, 5) is 0. The first kappa shape index (κ1) is 10.7. The summed E-state index contributed by atoms with van der Waals surface area (Å²) in [5.41, 5.74) is 6.30. The van der Waals surface area contributed by atoms with E-state index in [9.17, 15) is 0 Å². The van der Waals surface area contributed by atoms with Crippen molar-refractivity contribution in [1.82, 2.24) is 10.4 Å². The summed E-state index contributed by atoms with van der Waals surface area (Å²) < 4.78 is 0. The van der Waals surface area contributed by atoms with Crippen molar-refractivity contribution in [3.05, 3.63) is 35.4 Å². The molecule has 0 saturated heterocycles. The molecule has 2 nitrogen and oxygen atoms in total. The van der Waals surface area contributed by atoms with E-state index in [1.807, 2.05) is 0 Å². The van der Waals surface area contributed by atoms with Crippen molar-refractivity contribution in [2.45, 2.75) is 31.7 Å². The third-order valence-electron chi connectivity index (χ3n) is 3.09. The summed E-state index contributed by atoms with van der Waals surface area (Å²) in [6, 6.07) is 9.57. The summed E-state index contributed by atoms with van der Waals surface area (Å²) in [7, 11) is 4.11. The fourth-order valence-corrected chi connectivity index (χ4v) is 2.28. The van der Waals surface area contributed by atoms with Gasteiger partial charge >= 0.3 is 0 Å². The van der Waals surface area contributed by atoms with Crippen LogP contribution in [0, 0.1) is 6.92 Å². The van der Waals surface area contributed by atoms with E-state index in [2.05, 4.69) is 55.7 Å². The summed E-state index contributed by atoms with van der Waals surface area (Å²) >= 11 is 0. The fraction of sp³-hybridized carbons (Fsp3) is 0.538. The molecule has 1 N–H and O–H groups in total. The van der Waals surface area contributed by atoms with E-state index in [-0.39, 0.29) is 0 Å². The van der Waals surface area contributed by atoms with Crippen LogP contribution in [0.15, 0.2) is 24.3 Å². The minimum absolute atomic E-state index is 0.672. The number of hydrazine groups is 1. The van der Waals surface area contributed by atoms with Crippen LogP contribution in [0.2, 0.25) is 0 Å². The Morgan fingerprint density at radius 1 is 1.27 bits per heavy atom. The van der Waals surface area contributed by atoms with Gasteiger partial charge in [0, 0.05) is 20.1 Å². The van der Waals surface area contributed by atoms with Crippen molar-refractivity contribution >= 4 is 0 Å². The van der Waals surface area contributed by atoms with Gasteiger partial charge in [0.2, 0.25) is 0 Å². The van der Waals surface area contributed by atoms with Gasteiger partial charge in [-0.05, 0) is 31.2 Å². The molecular formula is C13H20N2. The average Bonchev–Trinajstić information content (AvgIpc) is 2.10. The SMILES string of the molecule is Cc1cccc(C2CC(NN(C)C)C2)c1. The maximum atomic E-state index is 3.43. The molecule has 15 heavy (non-hydrogen) atoms. The standard InChI is InChI=1S/C13H20N2/c1-10-5-4-6-11(7-10)12-8-13(9-12)14-15(2)3/h4-7,12-14H,8-9H2,1-3H3. The number of aryl methyl sites for hydroxylation is 1. The third kappa shape index (κ3) is 2.58. The highest BCUT2D eigenvalue weighted by Gasteiger charge is 2.30. The van der Waals surface area contributed by atoms with Crippen LogP contribution in [0.5, 0.6) is 0 Å². The number of hydrogen-bond donors (Lipinski definition) is 1. The topological polar surface area (TPSA) is 15.3 Å². The van der Waals surface area contributed by atoms with Gasteiger partial charge in [-0.15, -0.1) is 0 Å². The highest BCUT2D eigenvalue weighted by atomic mass is 15.5. The van der Waals surface area contributed by atoms with Gasteiger partial charge in [-0.2, -0.15) is 0 Å². The van der Waals surface area contributed by atoms with Crippen LogP contribution in [0.4, 0.5) is 0 Å². The molecule has 1 saturated carbocycles. The van der Waals surface area contributed by atoms with Gasteiger partial charge in [0.15, 0.2) is 0 Å². The summed E-state index contributed by atoms with van der Waals surface area (Å²) in [5.74, 6) is 0.766. The second-order valence-corrected chi connectivity index (χ2v) is 4.80. The highest BCUT2D eigenvalue weighted by Crippen LogP contribution is 2.36. The van der Waals surface area contributed by atoms with Crippen molar-refractivity contribution in [2.24, 2.45) is 0 Å². The molecule has 82 valence electrons. The van der Waals surface area contributed by atoms with E-state index in [0.29, 0.717) is 6.04 Å². The van der Waals surface area contributed by atoms with Gasteiger partial charge in [-0.1, -0.05) is 29.8 Å². The van der Waals surface area contributed by atoms with E-state index in [1.54, 1.807) is 0 Å². The average molecular weight is 204 g/mol. The molecule has 0 radical (unpaired) electrons. The molecule has 1 aromatic rings. The monoisotopic (exact) mass is 204 g/mol. The van der Waals surface area contributed by atoms with Crippen molar-refractivity contribution in [3.63, 3.8) is 0 Å². The van der Waals surface area contributed by atoms with Gasteiger partial charge in [0.25, 0.3) is 0 Å². The number of nitrogens with one attached hydrogen (secondary N) is 1. The minimum atomic E-state index is 0.672. The molecule has 1 aromatic carbocycles. The zero-order valence-corrected chi connectivity index (χ0v) is 9.83. The van der Waals surface area contributed by atoms with Crippen LogP contribution in [0.3, 0.4) is 0 Å². The molecule has 0 amide bonds. The van der Waals surface area contributed by atoms with Gasteiger partial charge in [-0.25, -0.2) is 0 Å². The molecule has 0 bridgehead atoms. The molecule has 0 unspecified atom stereocenters. The fourth-order valence-electron chi connectivity index (χ4n) is 2.28. The molecule has 1 aliphatic carbocycles. The molecule has 0 aromatic heterocycles. The first-order valence-electron chi connectivity index (χ1n) is 5.65. The molecule has 0 aliphatic heterocycles. The zero-order valence-electron chi connectivity index (χ0n) is 9.83. The van der Waals surface area contributed by atoms with Crippen LogP contribution in [-0.4, -0.2) is 25.1 Å². The predicted octanol–water partition coefficient (Wildman–Crippen LogP) is 2.31. The van der Waals surface area contributed by atoms with Gasteiger partial charge in [0.05, 0.1) is 0 Å². The first-order valence-corrected chi connectivity index (χ1v) is 5.65. The number of hydrogen-bond acceptors (Lipinski definition) is 2. The van der Waals surface area contributed by atoms with Gasteiger partial charge < -0.3 is 0 Å². The smallest absolute Gasteiger partial charge is 0.0226 e. The Morgan fingerprint density at radius 3 is 2.60 bits per heavy atom. The Labute approximate surface area is 92.3 Å². The van der Waals surface area contributed by atoms with Crippen molar-refractivity contribution in [2.75, 3.05) is 14.1 Å². The van der Waals surface area contributed by atoms with E-state index in [0.717, 1.165) is 5.92 Å². The molecular weight excluding hydrogens is 184 g/mol. The molecule has 0 spiro atoms. The summed E-state index contributed by atoms with van der Waals surface area (Å²) in [6.07, 6.45) is 2.53. The highest BCUT2D eigenvalue weighted by molar-refractivity contribution is 5.27. The number of nitrogens with zero attached hydrogens (tertiary/aromatic N) is 1. The number of rotatable bonds is 3. The lowest BCUT2D eigenvalue weighted by Gasteiger charge is -2.38. The molecule has 0 atom stereocenters. The zero-order chi connectivity index (χ0) is 10.8. The van der Waals surface area contributed by atoms with Gasteiger partial charge in [-0.3, -0.25) is 10.4 Å². The number of benzene rings is 1. The van der Waals surface area contributed by atoms with E-state index in [1.165, 1.54) is 24.0 Å². The Hall–Kier alpha value is -0.860. The van der Waals surface area contributed by atoms with Crippen molar-refractivity contribution < 1.29 is 0 Å². The van der Waals surface area contributed by atoms with Crippen molar-refractivity contribution in [1.29, 1.82) is 0 Å². The normalized spacial score (nSPS) is 25.3. The van der Waals surface area contributed by atoms with E-state index < -0.39 is 0 Å². The minimum Gasteiger partial charge on any atom is -0.253 e. The van der Waals surface area contributed by atoms with E-state index >= 15 is 0 Å². The third-order valence-corrected chi connectivity index (χ3v) is 3.09. The molecule has 1 aliphatic rings. The molecule has 1 fully saturated rings. The first-order chi connectivity index (χ1) is 7.15. The van der Waals surface area contributed by atoms with Crippen LogP contribution < -0.4 is 5.43 Å². The Balaban J connectivity index is 1.89. The lowest BCUT2D eigenvalue weighted by molar-refractivity contribution is 0.165. The quantitative estimate of drug-likeness (QED) is 0.760. The Kier molecular flexibility index (Phi) is 3.08. The summed E-state index contributed by atoms with van der Waals surface area (Å²) in [5, 5.41) is 2.05. The van der Waals surface area contributed by atoms with Crippen molar-refractivity contribution in [3.8, 4) is 0 Å². The second kappa shape index (κ2) is 4.33. The lowest BCUT2D eigenvalue weighted by atomic mass is 9.76. The van der Waals surface area contributed by atoms with Crippen LogP contribution in [0.25, 0.3) is 0 Å². The molecule has 2 heteroatoms. The van der Waals surface area contributed by atoms with Crippen LogP contribution >= 0.6 is 0 Å². The summed E-state index contributed by atoms with van der Waals surface area (Å²) in [6.45, 7) is 2.16.